The quantitative estimate of drug-likeness (QED) is 0.852. The third-order valence-electron chi connectivity index (χ3n) is 3.69. The summed E-state index contributed by atoms with van der Waals surface area (Å²) in [4.78, 5) is 0. The minimum absolute atomic E-state index is 0.232. The Bertz CT molecular complexity index is 569. The Labute approximate surface area is 127 Å². The third-order valence-corrected chi connectivity index (χ3v) is 5.20. The van der Waals surface area contributed by atoms with E-state index in [1.54, 1.807) is 0 Å². The fraction of sp³-hybridized carbons (Fsp3) is 0.333. The molecule has 0 fully saturated rings. The topological polar surface area (TPSA) is 12.0 Å². The van der Waals surface area contributed by atoms with E-state index in [9.17, 15) is 0 Å². The van der Waals surface area contributed by atoms with Crippen molar-refractivity contribution in [3.05, 3.63) is 55.7 Å². The van der Waals surface area contributed by atoms with Crippen LogP contribution >= 0.6 is 34.5 Å². The third kappa shape index (κ3) is 2.82. The molecule has 0 radical (unpaired) electrons. The van der Waals surface area contributed by atoms with Gasteiger partial charge in [0, 0.05) is 12.1 Å². The van der Waals surface area contributed by atoms with Gasteiger partial charge in [0.15, 0.2) is 0 Å². The summed E-state index contributed by atoms with van der Waals surface area (Å²) in [6.45, 7) is 2.15. The molecule has 0 amide bonds. The second-order valence-electron chi connectivity index (χ2n) is 5.04. The van der Waals surface area contributed by atoms with Crippen LogP contribution in [0.1, 0.15) is 29.7 Å². The van der Waals surface area contributed by atoms with E-state index in [0.717, 1.165) is 27.1 Å². The summed E-state index contributed by atoms with van der Waals surface area (Å²) in [5.41, 5.74) is 4.02. The van der Waals surface area contributed by atoms with Crippen molar-refractivity contribution in [2.24, 2.45) is 0 Å². The van der Waals surface area contributed by atoms with Gasteiger partial charge < -0.3 is 5.32 Å². The van der Waals surface area contributed by atoms with Crippen LogP contribution in [0.15, 0.2) is 30.3 Å². The maximum Gasteiger partial charge on any atom is 0.0991 e. The second kappa shape index (κ2) is 5.45. The highest BCUT2D eigenvalue weighted by Gasteiger charge is 2.23. The van der Waals surface area contributed by atoms with Crippen molar-refractivity contribution >= 4 is 34.5 Å². The lowest BCUT2D eigenvalue weighted by Gasteiger charge is -2.18. The van der Waals surface area contributed by atoms with Gasteiger partial charge in [0.1, 0.15) is 0 Å². The monoisotopic (exact) mass is 311 g/mol. The van der Waals surface area contributed by atoms with Crippen LogP contribution in [0.3, 0.4) is 0 Å². The molecule has 2 aromatic rings. The van der Waals surface area contributed by atoms with Crippen molar-refractivity contribution in [3.8, 4) is 0 Å². The Morgan fingerprint density at radius 1 is 1.21 bits per heavy atom. The van der Waals surface area contributed by atoms with Gasteiger partial charge in [0.25, 0.3) is 0 Å². The molecular weight excluding hydrogens is 297 g/mol. The van der Waals surface area contributed by atoms with Crippen LogP contribution < -0.4 is 5.32 Å². The average molecular weight is 312 g/mol. The number of nitrogens with one attached hydrogen (secondary N) is 1. The Balaban J connectivity index is 1.69. The van der Waals surface area contributed by atoms with E-state index in [4.69, 9.17) is 23.2 Å². The lowest BCUT2D eigenvalue weighted by molar-refractivity contribution is 0.468. The molecular formula is C15H15Cl2NS. The van der Waals surface area contributed by atoms with Gasteiger partial charge in [0.2, 0.25) is 0 Å². The van der Waals surface area contributed by atoms with Crippen LogP contribution in [0.25, 0.3) is 0 Å². The standard InChI is InChI=1S/C15H15Cl2NS/c1-9(13-8-14(16)19-15(13)17)18-12-6-10-4-2-3-5-11(10)7-12/h2-5,8-9,12,18H,6-7H2,1H3. The van der Waals surface area contributed by atoms with Crippen LogP contribution in [-0.4, -0.2) is 6.04 Å². The molecule has 1 nitrogen and oxygen atoms in total. The Morgan fingerprint density at radius 3 is 2.37 bits per heavy atom. The summed E-state index contributed by atoms with van der Waals surface area (Å²) in [7, 11) is 0. The van der Waals surface area contributed by atoms with Crippen molar-refractivity contribution in [2.45, 2.75) is 31.8 Å². The van der Waals surface area contributed by atoms with Crippen molar-refractivity contribution in [3.63, 3.8) is 0 Å². The number of hydrogen-bond acceptors (Lipinski definition) is 2. The number of benzene rings is 1. The van der Waals surface area contributed by atoms with Gasteiger partial charge in [-0.2, -0.15) is 0 Å². The first-order valence-corrected chi connectivity index (χ1v) is 7.98. The van der Waals surface area contributed by atoms with Crippen LogP contribution in [0.2, 0.25) is 8.67 Å². The molecule has 0 bridgehead atoms. The van der Waals surface area contributed by atoms with E-state index >= 15 is 0 Å². The smallest absolute Gasteiger partial charge is 0.0991 e. The molecule has 1 aliphatic rings. The lowest BCUT2D eigenvalue weighted by atomic mass is 10.1. The van der Waals surface area contributed by atoms with Crippen molar-refractivity contribution < 1.29 is 0 Å². The maximum absolute atomic E-state index is 6.21. The molecule has 1 heterocycles. The van der Waals surface area contributed by atoms with E-state index in [1.165, 1.54) is 22.5 Å². The zero-order valence-electron chi connectivity index (χ0n) is 10.6. The predicted octanol–water partition coefficient (Wildman–Crippen LogP) is 4.87. The molecule has 1 aliphatic carbocycles. The van der Waals surface area contributed by atoms with Gasteiger partial charge in [0.05, 0.1) is 8.67 Å². The molecule has 1 aromatic carbocycles. The normalized spacial score (nSPS) is 16.6. The fourth-order valence-corrected chi connectivity index (χ4v) is 4.41. The number of hydrogen-bond donors (Lipinski definition) is 1. The summed E-state index contributed by atoms with van der Waals surface area (Å²) < 4.78 is 1.55. The maximum atomic E-state index is 6.21. The van der Waals surface area contributed by atoms with E-state index in [2.05, 4.69) is 36.5 Å². The Kier molecular flexibility index (Phi) is 3.86. The first-order chi connectivity index (χ1) is 9.13. The Hall–Kier alpha value is -0.540. The Morgan fingerprint density at radius 2 is 1.84 bits per heavy atom. The summed E-state index contributed by atoms with van der Waals surface area (Å²) >= 11 is 13.6. The average Bonchev–Trinajstić information content (AvgIpc) is 2.91. The molecule has 1 unspecified atom stereocenters. The summed E-state index contributed by atoms with van der Waals surface area (Å²) in [6, 6.07) is 11.3. The molecule has 100 valence electrons. The molecule has 0 aliphatic heterocycles. The number of thiophene rings is 1. The molecule has 0 saturated heterocycles. The van der Waals surface area contributed by atoms with Gasteiger partial charge in [-0.05, 0) is 42.5 Å². The van der Waals surface area contributed by atoms with E-state index in [-0.39, 0.29) is 6.04 Å². The van der Waals surface area contributed by atoms with Gasteiger partial charge in [-0.25, -0.2) is 0 Å². The molecule has 1 atom stereocenters. The minimum Gasteiger partial charge on any atom is -0.307 e. The van der Waals surface area contributed by atoms with Crippen LogP contribution in [0.4, 0.5) is 0 Å². The highest BCUT2D eigenvalue weighted by atomic mass is 35.5. The zero-order valence-corrected chi connectivity index (χ0v) is 12.9. The van der Waals surface area contributed by atoms with Gasteiger partial charge in [-0.1, -0.05) is 47.5 Å². The fourth-order valence-electron chi connectivity index (χ4n) is 2.77. The van der Waals surface area contributed by atoms with Crippen LogP contribution in [0, 0.1) is 0 Å². The molecule has 0 spiro atoms. The SMILES string of the molecule is CC(NC1Cc2ccccc2C1)c1cc(Cl)sc1Cl. The molecule has 1 aromatic heterocycles. The zero-order chi connectivity index (χ0) is 13.4. The van der Waals surface area contributed by atoms with E-state index in [1.807, 2.05) is 6.07 Å². The second-order valence-corrected chi connectivity index (χ2v) is 7.33. The van der Waals surface area contributed by atoms with Crippen molar-refractivity contribution in [2.75, 3.05) is 0 Å². The first kappa shape index (κ1) is 13.4. The van der Waals surface area contributed by atoms with Gasteiger partial charge >= 0.3 is 0 Å². The largest absolute Gasteiger partial charge is 0.307 e. The van der Waals surface area contributed by atoms with Crippen molar-refractivity contribution in [1.29, 1.82) is 0 Å². The summed E-state index contributed by atoms with van der Waals surface area (Å²) in [5, 5.41) is 3.66. The molecule has 4 heteroatoms. The van der Waals surface area contributed by atoms with E-state index in [0.29, 0.717) is 6.04 Å². The van der Waals surface area contributed by atoms with Crippen LogP contribution in [-0.2, 0) is 12.8 Å². The highest BCUT2D eigenvalue weighted by molar-refractivity contribution is 7.20. The van der Waals surface area contributed by atoms with Crippen LogP contribution in [0.5, 0.6) is 0 Å². The first-order valence-electron chi connectivity index (χ1n) is 6.41. The number of halogens is 2. The van der Waals surface area contributed by atoms with Gasteiger partial charge in [-0.3, -0.25) is 0 Å². The summed E-state index contributed by atoms with van der Waals surface area (Å²) in [6.07, 6.45) is 2.19. The highest BCUT2D eigenvalue weighted by Crippen LogP contribution is 2.35. The molecule has 1 N–H and O–H groups in total. The molecule has 3 rings (SSSR count). The summed E-state index contributed by atoms with van der Waals surface area (Å²) in [5.74, 6) is 0. The lowest BCUT2D eigenvalue weighted by Crippen LogP contribution is -2.31. The van der Waals surface area contributed by atoms with E-state index < -0.39 is 0 Å². The minimum atomic E-state index is 0.232. The number of fused-ring (bicyclic) bond motifs is 1. The molecule has 19 heavy (non-hydrogen) atoms. The molecule has 0 saturated carbocycles. The van der Waals surface area contributed by atoms with Gasteiger partial charge in [-0.15, -0.1) is 11.3 Å². The predicted molar refractivity (Wildman–Crippen MR) is 83.5 cm³/mol. The number of rotatable bonds is 3. The van der Waals surface area contributed by atoms with Crippen molar-refractivity contribution in [1.82, 2.24) is 5.32 Å².